The number of hydrogen-bond acceptors (Lipinski definition) is 6. The van der Waals surface area contributed by atoms with Gasteiger partial charge in [0.15, 0.2) is 5.75 Å². The van der Waals surface area contributed by atoms with Crippen LogP contribution in [-0.4, -0.2) is 36.9 Å². The molecule has 2 amide bonds. The molecule has 1 saturated heterocycles. The number of para-hydroxylation sites is 2. The zero-order chi connectivity index (χ0) is 20.3. The zero-order valence-corrected chi connectivity index (χ0v) is 15.8. The van der Waals surface area contributed by atoms with E-state index < -0.39 is 17.9 Å². The number of anilines is 1. The molecule has 0 aliphatic carbocycles. The van der Waals surface area contributed by atoms with E-state index in [2.05, 4.69) is 6.07 Å². The molecule has 2 aromatic rings. The van der Waals surface area contributed by atoms with Crippen LogP contribution in [0, 0.1) is 17.2 Å². The number of nitriles is 1. The predicted molar refractivity (Wildman–Crippen MR) is 103 cm³/mol. The molecule has 0 saturated carbocycles. The van der Waals surface area contributed by atoms with Gasteiger partial charge in [-0.25, -0.2) is 0 Å². The van der Waals surface area contributed by atoms with Crippen LogP contribution in [-0.2, 0) is 9.59 Å². The lowest BCUT2D eigenvalue weighted by Gasteiger charge is -2.37. The Morgan fingerprint density at radius 1 is 1.07 bits per heavy atom. The fourth-order valence-corrected chi connectivity index (χ4v) is 4.50. The van der Waals surface area contributed by atoms with Gasteiger partial charge in [-0.2, -0.15) is 5.26 Å². The number of benzene rings is 2. The highest BCUT2D eigenvalue weighted by molar-refractivity contribution is 6.10. The standard InChI is InChI=1S/C22H17N3O4/c1-24-20(26)18-17(12-7-9-13(28-2)10-8-12)14(11-23)22-25(19(18)21(24)27)15-5-3-4-6-16(15)29-22/h3-10,17-19H,1-2H3/t17-,18-,19+/m1/s1. The summed E-state index contributed by atoms with van der Waals surface area (Å²) in [5.41, 5.74) is 1.79. The lowest BCUT2D eigenvalue weighted by Crippen LogP contribution is -2.48. The van der Waals surface area contributed by atoms with Crippen molar-refractivity contribution in [2.24, 2.45) is 5.92 Å². The van der Waals surface area contributed by atoms with E-state index in [9.17, 15) is 14.9 Å². The van der Waals surface area contributed by atoms with E-state index >= 15 is 0 Å². The van der Waals surface area contributed by atoms with E-state index in [1.165, 1.54) is 7.05 Å². The number of carbonyl (C=O) groups excluding carboxylic acids is 2. The number of fused-ring (bicyclic) bond motifs is 5. The van der Waals surface area contributed by atoms with Crippen LogP contribution < -0.4 is 14.4 Å². The van der Waals surface area contributed by atoms with Crippen LogP contribution in [0.15, 0.2) is 60.0 Å². The number of hydrogen-bond donors (Lipinski definition) is 0. The maximum Gasteiger partial charge on any atom is 0.252 e. The molecule has 0 bridgehead atoms. The van der Waals surface area contributed by atoms with E-state index in [4.69, 9.17) is 9.47 Å². The van der Waals surface area contributed by atoms with Crippen LogP contribution >= 0.6 is 0 Å². The molecular formula is C22H17N3O4. The minimum absolute atomic E-state index is 0.294. The van der Waals surface area contributed by atoms with Crippen molar-refractivity contribution in [3.05, 3.63) is 65.6 Å². The summed E-state index contributed by atoms with van der Waals surface area (Å²) in [6, 6.07) is 16.0. The highest BCUT2D eigenvalue weighted by atomic mass is 16.5. The first-order chi connectivity index (χ1) is 14.1. The highest BCUT2D eigenvalue weighted by Gasteiger charge is 2.59. The summed E-state index contributed by atoms with van der Waals surface area (Å²) in [4.78, 5) is 29.0. The Hall–Kier alpha value is -3.79. The first-order valence-electron chi connectivity index (χ1n) is 9.22. The number of methoxy groups -OCH3 is 1. The van der Waals surface area contributed by atoms with E-state index in [0.29, 0.717) is 28.6 Å². The number of ether oxygens (including phenoxy) is 2. The van der Waals surface area contributed by atoms with Crippen LogP contribution in [0.25, 0.3) is 0 Å². The number of likely N-dealkylation sites (N-methyl/N-ethyl adjacent to an activating group) is 1. The van der Waals surface area contributed by atoms with Gasteiger partial charge in [0.05, 0.1) is 24.3 Å². The van der Waals surface area contributed by atoms with Crippen molar-refractivity contribution < 1.29 is 19.1 Å². The van der Waals surface area contributed by atoms with Gasteiger partial charge in [0.1, 0.15) is 17.9 Å². The topological polar surface area (TPSA) is 82.9 Å². The largest absolute Gasteiger partial charge is 0.497 e. The van der Waals surface area contributed by atoms with Crippen molar-refractivity contribution in [1.82, 2.24) is 4.90 Å². The van der Waals surface area contributed by atoms with Gasteiger partial charge < -0.3 is 9.47 Å². The van der Waals surface area contributed by atoms with Crippen molar-refractivity contribution in [1.29, 1.82) is 5.26 Å². The molecule has 3 heterocycles. The molecular weight excluding hydrogens is 370 g/mol. The van der Waals surface area contributed by atoms with Gasteiger partial charge in [0.25, 0.3) is 5.91 Å². The molecule has 29 heavy (non-hydrogen) atoms. The summed E-state index contributed by atoms with van der Waals surface area (Å²) in [6.45, 7) is 0. The van der Waals surface area contributed by atoms with Crippen molar-refractivity contribution in [3.63, 3.8) is 0 Å². The summed E-state index contributed by atoms with van der Waals surface area (Å²) < 4.78 is 11.2. The summed E-state index contributed by atoms with van der Waals surface area (Å²) in [6.07, 6.45) is 0. The van der Waals surface area contributed by atoms with Gasteiger partial charge in [0, 0.05) is 13.0 Å². The third kappa shape index (κ3) is 2.23. The van der Waals surface area contributed by atoms with E-state index in [0.717, 1.165) is 10.5 Å². The average Bonchev–Trinajstić information content (AvgIpc) is 3.24. The molecule has 7 nitrogen and oxygen atoms in total. The number of imide groups is 1. The second-order valence-corrected chi connectivity index (χ2v) is 7.23. The average molecular weight is 387 g/mol. The maximum atomic E-state index is 13.1. The van der Waals surface area contributed by atoms with Crippen LogP contribution in [0.2, 0.25) is 0 Å². The molecule has 7 heteroatoms. The normalized spacial score (nSPS) is 24.7. The molecule has 0 N–H and O–H groups in total. The number of carbonyl (C=O) groups is 2. The molecule has 3 aliphatic rings. The second-order valence-electron chi connectivity index (χ2n) is 7.23. The van der Waals surface area contributed by atoms with Gasteiger partial charge in [-0.05, 0) is 29.8 Å². The number of likely N-dealkylation sites (tertiary alicyclic amines) is 1. The summed E-state index contributed by atoms with van der Waals surface area (Å²) >= 11 is 0. The van der Waals surface area contributed by atoms with E-state index in [1.807, 2.05) is 30.3 Å². The fourth-order valence-electron chi connectivity index (χ4n) is 4.50. The number of nitrogens with zero attached hydrogens (tertiary/aromatic N) is 3. The number of rotatable bonds is 2. The van der Waals surface area contributed by atoms with Crippen LogP contribution in [0.4, 0.5) is 5.69 Å². The molecule has 3 atom stereocenters. The SMILES string of the molecule is COc1ccc([C@@H]2C(C#N)=C3Oc4ccccc4N3[C@@H]3C(=O)N(C)C(=O)[C@@H]32)cc1. The summed E-state index contributed by atoms with van der Waals surface area (Å²) in [7, 11) is 3.06. The Morgan fingerprint density at radius 2 is 1.79 bits per heavy atom. The van der Waals surface area contributed by atoms with Crippen LogP contribution in [0.3, 0.4) is 0 Å². The quantitative estimate of drug-likeness (QED) is 0.736. The lowest BCUT2D eigenvalue weighted by atomic mass is 9.75. The summed E-state index contributed by atoms with van der Waals surface area (Å²) in [5, 5.41) is 10.0. The summed E-state index contributed by atoms with van der Waals surface area (Å²) in [5.74, 6) is -0.326. The third-order valence-electron chi connectivity index (χ3n) is 5.86. The van der Waals surface area contributed by atoms with Gasteiger partial charge in [-0.3, -0.25) is 19.4 Å². The number of amides is 2. The molecule has 1 fully saturated rings. The lowest BCUT2D eigenvalue weighted by molar-refractivity contribution is -0.137. The Labute approximate surface area is 167 Å². The Kier molecular flexibility index (Phi) is 3.65. The molecule has 3 aliphatic heterocycles. The van der Waals surface area contributed by atoms with Crippen molar-refractivity contribution >= 4 is 17.5 Å². The van der Waals surface area contributed by atoms with E-state index in [-0.39, 0.29) is 11.8 Å². The fraction of sp³-hybridized carbons (Fsp3) is 0.227. The van der Waals surface area contributed by atoms with Crippen molar-refractivity contribution in [2.75, 3.05) is 19.1 Å². The van der Waals surface area contributed by atoms with E-state index in [1.54, 1.807) is 30.2 Å². The van der Waals surface area contributed by atoms with Gasteiger partial charge in [-0.15, -0.1) is 0 Å². The van der Waals surface area contributed by atoms with Crippen LogP contribution in [0.5, 0.6) is 11.5 Å². The minimum Gasteiger partial charge on any atom is -0.497 e. The smallest absolute Gasteiger partial charge is 0.252 e. The van der Waals surface area contributed by atoms with Crippen molar-refractivity contribution in [3.8, 4) is 17.6 Å². The van der Waals surface area contributed by atoms with Gasteiger partial charge in [0.2, 0.25) is 11.8 Å². The molecule has 2 aromatic carbocycles. The Bertz CT molecular complexity index is 1120. The first-order valence-corrected chi connectivity index (χ1v) is 9.22. The Morgan fingerprint density at radius 3 is 2.48 bits per heavy atom. The van der Waals surface area contributed by atoms with Gasteiger partial charge in [-0.1, -0.05) is 24.3 Å². The predicted octanol–water partition coefficient (Wildman–Crippen LogP) is 2.41. The molecule has 0 unspecified atom stereocenters. The number of allylic oxidation sites excluding steroid dienone is 1. The monoisotopic (exact) mass is 387 g/mol. The second kappa shape index (κ2) is 6.11. The van der Waals surface area contributed by atoms with Crippen LogP contribution in [0.1, 0.15) is 11.5 Å². The highest BCUT2D eigenvalue weighted by Crippen LogP contribution is 2.53. The zero-order valence-electron chi connectivity index (χ0n) is 15.8. The molecule has 0 aromatic heterocycles. The first kappa shape index (κ1) is 17.3. The third-order valence-corrected chi connectivity index (χ3v) is 5.86. The molecule has 0 radical (unpaired) electrons. The van der Waals surface area contributed by atoms with Crippen molar-refractivity contribution in [2.45, 2.75) is 12.0 Å². The Balaban J connectivity index is 1.75. The molecule has 5 rings (SSSR count). The van der Waals surface area contributed by atoms with Gasteiger partial charge >= 0.3 is 0 Å². The molecule has 0 spiro atoms. The maximum absolute atomic E-state index is 13.1. The molecule has 144 valence electrons. The minimum atomic E-state index is -0.754.